The van der Waals surface area contributed by atoms with Crippen LogP contribution in [0.2, 0.25) is 0 Å². The number of hydrogen-bond acceptors (Lipinski definition) is 6. The van der Waals surface area contributed by atoms with E-state index < -0.39 is 27.7 Å². The third kappa shape index (κ3) is 8.27. The van der Waals surface area contributed by atoms with E-state index in [1.54, 1.807) is 41.4 Å². The molecule has 2 amide bonds. The van der Waals surface area contributed by atoms with Crippen LogP contribution in [0, 0.1) is 11.6 Å². The fraction of sp³-hybridized carbons (Fsp3) is 0.226. The van der Waals surface area contributed by atoms with Gasteiger partial charge in [0.2, 0.25) is 15.9 Å². The van der Waals surface area contributed by atoms with Gasteiger partial charge < -0.3 is 10.1 Å². The van der Waals surface area contributed by atoms with Gasteiger partial charge in [-0.1, -0.05) is 24.3 Å². The van der Waals surface area contributed by atoms with Crippen LogP contribution in [0.5, 0.6) is 11.6 Å². The Balaban J connectivity index is 1.17. The van der Waals surface area contributed by atoms with Crippen LogP contribution in [0.25, 0.3) is 0 Å². The average molecular weight is 608 g/mol. The van der Waals surface area contributed by atoms with Gasteiger partial charge in [-0.3, -0.25) is 14.5 Å². The Bertz CT molecular complexity index is 1650. The minimum Gasteiger partial charge on any atom is -0.439 e. The highest BCUT2D eigenvalue weighted by molar-refractivity contribution is 7.92. The molecule has 43 heavy (non-hydrogen) atoms. The van der Waals surface area contributed by atoms with Crippen LogP contribution in [0.3, 0.4) is 0 Å². The molecule has 12 heteroatoms. The molecule has 1 fully saturated rings. The molecule has 2 N–H and O–H groups in total. The van der Waals surface area contributed by atoms with Crippen molar-refractivity contribution in [2.45, 2.75) is 25.4 Å². The average Bonchev–Trinajstić information content (AvgIpc) is 2.97. The number of amides is 2. The van der Waals surface area contributed by atoms with Gasteiger partial charge in [0.25, 0.3) is 0 Å². The zero-order chi connectivity index (χ0) is 30.4. The molecule has 5 rings (SSSR count). The molecule has 224 valence electrons. The number of rotatable bonds is 9. The van der Waals surface area contributed by atoms with Gasteiger partial charge in [-0.25, -0.2) is 27.0 Å². The first-order valence-electron chi connectivity index (χ1n) is 13.7. The summed E-state index contributed by atoms with van der Waals surface area (Å²) in [7, 11) is -3.35. The SMILES string of the molecule is CS(=O)(=O)Nc1ccc(Oc2ccc(CN3CCC(N(C(=O)Nc4ccc(F)cc4F)c4ccccc4)CC3)cn2)cc1. The number of ether oxygens (including phenoxy) is 1. The van der Waals surface area contributed by atoms with E-state index in [1.807, 2.05) is 36.4 Å². The molecule has 0 spiro atoms. The number of carbonyl (C=O) groups excluding carboxylic acids is 1. The molecule has 1 saturated heterocycles. The van der Waals surface area contributed by atoms with Crippen LogP contribution in [0.1, 0.15) is 18.4 Å². The fourth-order valence-electron chi connectivity index (χ4n) is 4.93. The molecular weight excluding hydrogens is 576 g/mol. The van der Waals surface area contributed by atoms with Crippen LogP contribution in [-0.4, -0.2) is 49.7 Å². The highest BCUT2D eigenvalue weighted by Crippen LogP contribution is 2.27. The molecule has 2 heterocycles. The number of sulfonamides is 1. The van der Waals surface area contributed by atoms with Crippen LogP contribution < -0.4 is 19.7 Å². The van der Waals surface area contributed by atoms with Crippen molar-refractivity contribution in [1.82, 2.24) is 9.88 Å². The Kier molecular flexibility index (Phi) is 9.17. The third-order valence-corrected chi connectivity index (χ3v) is 7.54. The zero-order valence-electron chi connectivity index (χ0n) is 23.4. The van der Waals surface area contributed by atoms with E-state index >= 15 is 0 Å². The molecule has 1 aromatic heterocycles. The van der Waals surface area contributed by atoms with Crippen molar-refractivity contribution in [1.29, 1.82) is 0 Å². The standard InChI is InChI=1S/C31H31F2N5O4S/c1-43(40,41)36-24-9-11-27(12-10-24)42-30-14-7-22(20-34-30)21-37-17-15-26(16-18-37)38(25-5-3-2-4-6-25)31(39)35-29-13-8-23(32)19-28(29)33/h2-14,19-20,26,36H,15-18,21H2,1H3,(H,35,39). The Morgan fingerprint density at radius 1 is 1.00 bits per heavy atom. The van der Waals surface area contributed by atoms with Crippen molar-refractivity contribution in [3.8, 4) is 11.6 Å². The molecular formula is C31H31F2N5O4S. The first kappa shape index (κ1) is 29.9. The number of halogens is 2. The predicted molar refractivity (Wildman–Crippen MR) is 162 cm³/mol. The number of aromatic nitrogens is 1. The van der Waals surface area contributed by atoms with Gasteiger partial charge in [0, 0.05) is 55.4 Å². The maximum absolute atomic E-state index is 14.3. The third-order valence-electron chi connectivity index (χ3n) is 6.93. The minimum absolute atomic E-state index is 0.0781. The lowest BCUT2D eigenvalue weighted by molar-refractivity contribution is 0.199. The van der Waals surface area contributed by atoms with E-state index in [-0.39, 0.29) is 11.7 Å². The summed E-state index contributed by atoms with van der Waals surface area (Å²) in [6.07, 6.45) is 4.24. The first-order valence-corrected chi connectivity index (χ1v) is 15.6. The summed E-state index contributed by atoms with van der Waals surface area (Å²) in [4.78, 5) is 21.7. The second-order valence-electron chi connectivity index (χ2n) is 10.3. The molecule has 0 bridgehead atoms. The van der Waals surface area contributed by atoms with Gasteiger partial charge in [0.1, 0.15) is 17.4 Å². The second-order valence-corrected chi connectivity index (χ2v) is 12.0. The van der Waals surface area contributed by atoms with Crippen molar-refractivity contribution in [3.63, 3.8) is 0 Å². The van der Waals surface area contributed by atoms with E-state index in [0.29, 0.717) is 42.4 Å². The zero-order valence-corrected chi connectivity index (χ0v) is 24.2. The number of nitrogens with one attached hydrogen (secondary N) is 2. The number of pyridine rings is 1. The normalized spacial score (nSPS) is 14.2. The van der Waals surface area contributed by atoms with Gasteiger partial charge >= 0.3 is 6.03 Å². The Morgan fingerprint density at radius 2 is 1.72 bits per heavy atom. The van der Waals surface area contributed by atoms with Crippen molar-refractivity contribution >= 4 is 33.1 Å². The number of carbonyl (C=O) groups is 1. The summed E-state index contributed by atoms with van der Waals surface area (Å²) in [6.45, 7) is 2.14. The smallest absolute Gasteiger partial charge is 0.326 e. The number of benzene rings is 3. The van der Waals surface area contributed by atoms with Gasteiger partial charge in [-0.2, -0.15) is 0 Å². The predicted octanol–water partition coefficient (Wildman–Crippen LogP) is 6.23. The molecule has 4 aromatic rings. The Hall–Kier alpha value is -4.55. The molecule has 0 aliphatic carbocycles. The number of anilines is 3. The van der Waals surface area contributed by atoms with Gasteiger partial charge in [0.15, 0.2) is 0 Å². The molecule has 0 unspecified atom stereocenters. The number of urea groups is 1. The van der Waals surface area contributed by atoms with Gasteiger partial charge in [0.05, 0.1) is 11.9 Å². The molecule has 0 saturated carbocycles. The lowest BCUT2D eigenvalue weighted by Crippen LogP contribution is -2.49. The Morgan fingerprint density at radius 3 is 2.35 bits per heavy atom. The fourth-order valence-corrected chi connectivity index (χ4v) is 5.50. The largest absolute Gasteiger partial charge is 0.439 e. The number of hydrogen-bond donors (Lipinski definition) is 2. The van der Waals surface area contributed by atoms with Gasteiger partial charge in [-0.15, -0.1) is 0 Å². The lowest BCUT2D eigenvalue weighted by Gasteiger charge is -2.38. The first-order chi connectivity index (χ1) is 20.6. The highest BCUT2D eigenvalue weighted by Gasteiger charge is 2.30. The van der Waals surface area contributed by atoms with Crippen molar-refractivity contribution in [2.75, 3.05) is 34.3 Å². The van der Waals surface area contributed by atoms with Crippen LogP contribution in [-0.2, 0) is 16.6 Å². The second kappa shape index (κ2) is 13.2. The molecule has 3 aromatic carbocycles. The summed E-state index contributed by atoms with van der Waals surface area (Å²) in [6, 6.07) is 21.9. The van der Waals surface area contributed by atoms with Crippen molar-refractivity contribution < 1.29 is 26.7 Å². The summed E-state index contributed by atoms with van der Waals surface area (Å²) in [5, 5.41) is 2.60. The monoisotopic (exact) mass is 607 g/mol. The van der Waals surface area contributed by atoms with E-state index in [1.165, 1.54) is 6.07 Å². The highest BCUT2D eigenvalue weighted by atomic mass is 32.2. The van der Waals surface area contributed by atoms with E-state index in [4.69, 9.17) is 4.74 Å². The minimum atomic E-state index is -3.35. The topological polar surface area (TPSA) is 104 Å². The van der Waals surface area contributed by atoms with Crippen LogP contribution >= 0.6 is 0 Å². The quantitative estimate of drug-likeness (QED) is 0.234. The summed E-state index contributed by atoms with van der Waals surface area (Å²) < 4.78 is 58.5. The van der Waals surface area contributed by atoms with Crippen LogP contribution in [0.4, 0.5) is 30.6 Å². The number of piperidine rings is 1. The summed E-state index contributed by atoms with van der Waals surface area (Å²) in [5.74, 6) is -0.610. The number of para-hydroxylation sites is 1. The van der Waals surface area contributed by atoms with Gasteiger partial charge in [-0.05, 0) is 66.9 Å². The van der Waals surface area contributed by atoms with E-state index in [0.717, 1.165) is 37.0 Å². The van der Waals surface area contributed by atoms with Crippen molar-refractivity contribution in [2.24, 2.45) is 0 Å². The number of nitrogens with zero attached hydrogens (tertiary/aromatic N) is 3. The molecule has 0 radical (unpaired) electrons. The molecule has 9 nitrogen and oxygen atoms in total. The van der Waals surface area contributed by atoms with Crippen molar-refractivity contribution in [3.05, 3.63) is 108 Å². The van der Waals surface area contributed by atoms with Crippen LogP contribution in [0.15, 0.2) is 91.1 Å². The lowest BCUT2D eigenvalue weighted by atomic mass is 10.0. The number of likely N-dealkylation sites (tertiary alicyclic amines) is 1. The summed E-state index contributed by atoms with van der Waals surface area (Å²) >= 11 is 0. The maximum Gasteiger partial charge on any atom is 0.326 e. The van der Waals surface area contributed by atoms with E-state index in [9.17, 15) is 22.0 Å². The Labute approximate surface area is 249 Å². The molecule has 0 atom stereocenters. The summed E-state index contributed by atoms with van der Waals surface area (Å²) in [5.41, 5.74) is 2.06. The molecule has 1 aliphatic heterocycles. The van der Waals surface area contributed by atoms with E-state index in [2.05, 4.69) is 19.9 Å². The molecule has 1 aliphatic rings. The maximum atomic E-state index is 14.3.